The first-order valence-electron chi connectivity index (χ1n) is 7.15. The van der Waals surface area contributed by atoms with E-state index in [9.17, 15) is 4.39 Å². The van der Waals surface area contributed by atoms with Gasteiger partial charge >= 0.3 is 0 Å². The van der Waals surface area contributed by atoms with Gasteiger partial charge in [0, 0.05) is 24.8 Å². The molecule has 0 radical (unpaired) electrons. The van der Waals surface area contributed by atoms with Crippen LogP contribution in [-0.2, 0) is 0 Å². The molecule has 1 aliphatic rings. The summed E-state index contributed by atoms with van der Waals surface area (Å²) in [5.41, 5.74) is 2.10. The third-order valence-electron chi connectivity index (χ3n) is 3.93. The third kappa shape index (κ3) is 3.04. The van der Waals surface area contributed by atoms with Crippen molar-refractivity contribution in [1.82, 2.24) is 5.32 Å². The maximum atomic E-state index is 13.8. The SMILES string of the molecule is CC1CN(c2ccc(Cl)c(F)c2)C(c2ccccc2)CN1. The van der Waals surface area contributed by atoms with Crippen LogP contribution in [0.2, 0.25) is 5.02 Å². The van der Waals surface area contributed by atoms with Gasteiger partial charge in [-0.1, -0.05) is 41.9 Å². The zero-order chi connectivity index (χ0) is 14.8. The molecule has 21 heavy (non-hydrogen) atoms. The number of hydrogen-bond donors (Lipinski definition) is 1. The van der Waals surface area contributed by atoms with Crippen molar-refractivity contribution in [2.75, 3.05) is 18.0 Å². The number of halogens is 2. The molecule has 0 aromatic heterocycles. The first-order valence-corrected chi connectivity index (χ1v) is 7.53. The van der Waals surface area contributed by atoms with E-state index in [0.717, 1.165) is 18.8 Å². The number of piperazine rings is 1. The van der Waals surface area contributed by atoms with Gasteiger partial charge in [0.05, 0.1) is 11.1 Å². The van der Waals surface area contributed by atoms with E-state index in [1.165, 1.54) is 11.6 Å². The monoisotopic (exact) mass is 304 g/mol. The number of anilines is 1. The van der Waals surface area contributed by atoms with Crippen molar-refractivity contribution in [3.63, 3.8) is 0 Å². The second-order valence-corrected chi connectivity index (χ2v) is 5.89. The van der Waals surface area contributed by atoms with Gasteiger partial charge in [0.15, 0.2) is 0 Å². The van der Waals surface area contributed by atoms with E-state index in [2.05, 4.69) is 29.3 Å². The Morgan fingerprint density at radius 1 is 1.19 bits per heavy atom. The predicted octanol–water partition coefficient (Wildman–Crippen LogP) is 4.02. The van der Waals surface area contributed by atoms with Crippen LogP contribution < -0.4 is 10.2 Å². The Bertz CT molecular complexity index is 617. The van der Waals surface area contributed by atoms with Gasteiger partial charge in [-0.2, -0.15) is 0 Å². The maximum Gasteiger partial charge on any atom is 0.143 e. The average Bonchev–Trinajstić information content (AvgIpc) is 2.51. The summed E-state index contributed by atoms with van der Waals surface area (Å²) < 4.78 is 13.8. The average molecular weight is 305 g/mol. The quantitative estimate of drug-likeness (QED) is 0.901. The number of hydrogen-bond acceptors (Lipinski definition) is 2. The van der Waals surface area contributed by atoms with Crippen LogP contribution in [0.15, 0.2) is 48.5 Å². The minimum Gasteiger partial charge on any atom is -0.362 e. The molecule has 3 rings (SSSR count). The van der Waals surface area contributed by atoms with Crippen LogP contribution in [0.5, 0.6) is 0 Å². The molecule has 1 heterocycles. The van der Waals surface area contributed by atoms with Crippen LogP contribution in [0.1, 0.15) is 18.5 Å². The molecule has 1 fully saturated rings. The molecule has 1 saturated heterocycles. The Hall–Kier alpha value is -1.58. The van der Waals surface area contributed by atoms with Gasteiger partial charge < -0.3 is 10.2 Å². The Balaban J connectivity index is 1.96. The van der Waals surface area contributed by atoms with Crippen molar-refractivity contribution in [3.05, 3.63) is 64.9 Å². The highest BCUT2D eigenvalue weighted by molar-refractivity contribution is 6.30. The van der Waals surface area contributed by atoms with Crippen LogP contribution >= 0.6 is 11.6 Å². The maximum absolute atomic E-state index is 13.8. The molecule has 1 N–H and O–H groups in total. The lowest BCUT2D eigenvalue weighted by molar-refractivity contribution is 0.416. The molecular formula is C17H18ClFN2. The van der Waals surface area contributed by atoms with Crippen LogP contribution in [0.4, 0.5) is 10.1 Å². The smallest absolute Gasteiger partial charge is 0.143 e. The molecule has 0 aliphatic carbocycles. The van der Waals surface area contributed by atoms with Gasteiger partial charge in [0.2, 0.25) is 0 Å². The van der Waals surface area contributed by atoms with E-state index in [1.54, 1.807) is 6.07 Å². The fourth-order valence-electron chi connectivity index (χ4n) is 2.83. The van der Waals surface area contributed by atoms with Crippen molar-refractivity contribution in [2.24, 2.45) is 0 Å². The van der Waals surface area contributed by atoms with Gasteiger partial charge in [0.1, 0.15) is 5.82 Å². The van der Waals surface area contributed by atoms with Crippen molar-refractivity contribution in [1.29, 1.82) is 0 Å². The predicted molar refractivity (Wildman–Crippen MR) is 85.4 cm³/mol. The Morgan fingerprint density at radius 2 is 1.95 bits per heavy atom. The normalized spacial score (nSPS) is 22.3. The molecular weight excluding hydrogens is 287 g/mol. The number of benzene rings is 2. The standard InChI is InChI=1S/C17H18ClFN2/c1-12-11-21(14-7-8-15(18)16(19)9-14)17(10-20-12)13-5-3-2-4-6-13/h2-9,12,17,20H,10-11H2,1H3. The number of nitrogens with zero attached hydrogens (tertiary/aromatic N) is 1. The fourth-order valence-corrected chi connectivity index (χ4v) is 2.95. The summed E-state index contributed by atoms with van der Waals surface area (Å²) in [6.07, 6.45) is 0. The molecule has 0 amide bonds. The summed E-state index contributed by atoms with van der Waals surface area (Å²) in [6, 6.07) is 15.9. The van der Waals surface area contributed by atoms with Gasteiger partial charge in [-0.3, -0.25) is 0 Å². The molecule has 0 spiro atoms. The molecule has 2 unspecified atom stereocenters. The zero-order valence-corrected chi connectivity index (χ0v) is 12.6. The lowest BCUT2D eigenvalue weighted by Crippen LogP contribution is -2.51. The van der Waals surface area contributed by atoms with Crippen molar-refractivity contribution in [3.8, 4) is 0 Å². The minimum atomic E-state index is -0.368. The molecule has 0 bridgehead atoms. The lowest BCUT2D eigenvalue weighted by atomic mass is 10.0. The van der Waals surface area contributed by atoms with Gasteiger partial charge in [-0.15, -0.1) is 0 Å². The van der Waals surface area contributed by atoms with E-state index < -0.39 is 0 Å². The molecule has 2 aromatic carbocycles. The van der Waals surface area contributed by atoms with Gasteiger partial charge in [-0.25, -0.2) is 4.39 Å². The minimum absolute atomic E-state index is 0.165. The largest absolute Gasteiger partial charge is 0.362 e. The summed E-state index contributed by atoms with van der Waals surface area (Å²) in [6.45, 7) is 3.82. The Labute approximate surface area is 129 Å². The highest BCUT2D eigenvalue weighted by Crippen LogP contribution is 2.31. The summed E-state index contributed by atoms with van der Waals surface area (Å²) in [5.74, 6) is -0.368. The Kier molecular flexibility index (Phi) is 4.13. The fraction of sp³-hybridized carbons (Fsp3) is 0.294. The van der Waals surface area contributed by atoms with E-state index in [0.29, 0.717) is 6.04 Å². The van der Waals surface area contributed by atoms with Crippen molar-refractivity contribution >= 4 is 17.3 Å². The van der Waals surface area contributed by atoms with E-state index in [4.69, 9.17) is 11.6 Å². The summed E-state index contributed by atoms with van der Waals surface area (Å²) in [5, 5.41) is 3.66. The summed E-state index contributed by atoms with van der Waals surface area (Å²) >= 11 is 5.80. The van der Waals surface area contributed by atoms with E-state index >= 15 is 0 Å². The summed E-state index contributed by atoms with van der Waals surface area (Å²) in [7, 11) is 0. The zero-order valence-electron chi connectivity index (χ0n) is 11.9. The number of rotatable bonds is 2. The highest BCUT2D eigenvalue weighted by Gasteiger charge is 2.27. The summed E-state index contributed by atoms with van der Waals surface area (Å²) in [4.78, 5) is 2.25. The second kappa shape index (κ2) is 6.04. The molecule has 2 aromatic rings. The first-order chi connectivity index (χ1) is 10.1. The molecule has 4 heteroatoms. The molecule has 0 saturated carbocycles. The van der Waals surface area contributed by atoms with Crippen LogP contribution in [0.3, 0.4) is 0 Å². The lowest BCUT2D eigenvalue weighted by Gasteiger charge is -2.41. The molecule has 110 valence electrons. The first kappa shape index (κ1) is 14.4. The van der Waals surface area contributed by atoms with E-state index in [1.807, 2.05) is 24.3 Å². The van der Waals surface area contributed by atoms with Crippen LogP contribution in [-0.4, -0.2) is 19.1 Å². The third-order valence-corrected chi connectivity index (χ3v) is 4.23. The topological polar surface area (TPSA) is 15.3 Å². The Morgan fingerprint density at radius 3 is 2.67 bits per heavy atom. The highest BCUT2D eigenvalue weighted by atomic mass is 35.5. The molecule has 2 nitrogen and oxygen atoms in total. The second-order valence-electron chi connectivity index (χ2n) is 5.49. The molecule has 1 aliphatic heterocycles. The van der Waals surface area contributed by atoms with E-state index in [-0.39, 0.29) is 16.9 Å². The van der Waals surface area contributed by atoms with Crippen LogP contribution in [0, 0.1) is 5.82 Å². The van der Waals surface area contributed by atoms with Gasteiger partial charge in [-0.05, 0) is 30.7 Å². The van der Waals surface area contributed by atoms with Crippen LogP contribution in [0.25, 0.3) is 0 Å². The van der Waals surface area contributed by atoms with Crippen molar-refractivity contribution < 1.29 is 4.39 Å². The molecule has 2 atom stereocenters. The number of nitrogens with one attached hydrogen (secondary N) is 1. The van der Waals surface area contributed by atoms with Gasteiger partial charge in [0.25, 0.3) is 0 Å². The van der Waals surface area contributed by atoms with Crippen molar-refractivity contribution in [2.45, 2.75) is 19.0 Å².